The van der Waals surface area contributed by atoms with E-state index in [1.54, 1.807) is 0 Å². The van der Waals surface area contributed by atoms with Crippen LogP contribution in [-0.4, -0.2) is 60.1 Å². The van der Waals surface area contributed by atoms with Crippen LogP contribution in [0.25, 0.3) is 0 Å². The highest BCUT2D eigenvalue weighted by atomic mass is 16.5. The van der Waals surface area contributed by atoms with E-state index in [0.29, 0.717) is 5.91 Å². The maximum atomic E-state index is 12.5. The van der Waals surface area contributed by atoms with Crippen molar-refractivity contribution in [3.8, 4) is 0 Å². The van der Waals surface area contributed by atoms with Crippen LogP contribution in [-0.2, 0) is 9.53 Å². The Hall–Kier alpha value is -0.610. The van der Waals surface area contributed by atoms with E-state index in [9.17, 15) is 4.79 Å². The van der Waals surface area contributed by atoms with Gasteiger partial charge in [-0.1, -0.05) is 13.8 Å². The van der Waals surface area contributed by atoms with Crippen molar-refractivity contribution in [2.24, 2.45) is 5.92 Å². The van der Waals surface area contributed by atoms with Gasteiger partial charge in [-0.05, 0) is 51.0 Å². The molecule has 3 fully saturated rings. The first-order chi connectivity index (χ1) is 10.6. The molecule has 0 saturated carbocycles. The Morgan fingerprint density at radius 1 is 1.23 bits per heavy atom. The van der Waals surface area contributed by atoms with Crippen LogP contribution < -0.4 is 0 Å². The third kappa shape index (κ3) is 3.48. The van der Waals surface area contributed by atoms with Crippen LogP contribution in [0.5, 0.6) is 0 Å². The smallest absolute Gasteiger partial charge is 0.223 e. The van der Waals surface area contributed by atoms with Gasteiger partial charge in [-0.15, -0.1) is 0 Å². The topological polar surface area (TPSA) is 32.8 Å². The number of amides is 1. The first-order valence-electron chi connectivity index (χ1n) is 9.23. The largest absolute Gasteiger partial charge is 0.376 e. The number of hydrogen-bond donors (Lipinski definition) is 0. The molecule has 3 heterocycles. The second kappa shape index (κ2) is 6.88. The van der Waals surface area contributed by atoms with Crippen molar-refractivity contribution in [3.63, 3.8) is 0 Å². The quantitative estimate of drug-likeness (QED) is 0.800. The molecule has 22 heavy (non-hydrogen) atoms. The first-order valence-corrected chi connectivity index (χ1v) is 9.23. The molecule has 0 aromatic rings. The highest BCUT2D eigenvalue weighted by Gasteiger charge is 2.46. The monoisotopic (exact) mass is 308 g/mol. The maximum absolute atomic E-state index is 12.5. The fourth-order valence-corrected chi connectivity index (χ4v) is 4.62. The van der Waals surface area contributed by atoms with E-state index >= 15 is 0 Å². The molecule has 3 saturated heterocycles. The summed E-state index contributed by atoms with van der Waals surface area (Å²) in [5.41, 5.74) is 0.134. The molecule has 4 heteroatoms. The molecule has 0 aliphatic carbocycles. The normalized spacial score (nSPS) is 34.0. The van der Waals surface area contributed by atoms with Crippen molar-refractivity contribution >= 4 is 5.91 Å². The Kier molecular flexibility index (Phi) is 5.08. The van der Waals surface area contributed by atoms with Crippen LogP contribution in [0.1, 0.15) is 58.8 Å². The zero-order valence-electron chi connectivity index (χ0n) is 14.4. The summed E-state index contributed by atoms with van der Waals surface area (Å²) >= 11 is 0. The van der Waals surface area contributed by atoms with Crippen molar-refractivity contribution < 1.29 is 9.53 Å². The molecule has 0 radical (unpaired) electrons. The third-order valence-corrected chi connectivity index (χ3v) is 5.72. The summed E-state index contributed by atoms with van der Waals surface area (Å²) in [6.45, 7) is 9.84. The van der Waals surface area contributed by atoms with Gasteiger partial charge in [-0.25, -0.2) is 0 Å². The van der Waals surface area contributed by atoms with E-state index in [1.165, 1.54) is 25.9 Å². The number of hydrogen-bond acceptors (Lipinski definition) is 3. The number of ether oxygens (including phenoxy) is 1. The van der Waals surface area contributed by atoms with E-state index in [-0.39, 0.29) is 11.6 Å². The predicted octanol–water partition coefficient (Wildman–Crippen LogP) is 2.67. The van der Waals surface area contributed by atoms with Crippen molar-refractivity contribution in [1.82, 2.24) is 9.80 Å². The first kappa shape index (κ1) is 16.3. The molecule has 1 amide bonds. The van der Waals surface area contributed by atoms with Crippen molar-refractivity contribution in [2.75, 3.05) is 32.8 Å². The summed E-state index contributed by atoms with van der Waals surface area (Å²) in [6, 6.07) is 0. The second-order valence-electron chi connectivity index (χ2n) is 7.91. The van der Waals surface area contributed by atoms with E-state index in [4.69, 9.17) is 4.74 Å². The fourth-order valence-electron chi connectivity index (χ4n) is 4.62. The van der Waals surface area contributed by atoms with Gasteiger partial charge in [0.05, 0.1) is 6.10 Å². The van der Waals surface area contributed by atoms with E-state index in [1.807, 2.05) is 0 Å². The van der Waals surface area contributed by atoms with E-state index in [0.717, 1.165) is 57.7 Å². The Bertz CT molecular complexity index is 393. The van der Waals surface area contributed by atoms with E-state index in [2.05, 4.69) is 23.6 Å². The molecule has 0 N–H and O–H groups in total. The summed E-state index contributed by atoms with van der Waals surface area (Å²) in [4.78, 5) is 17.3. The van der Waals surface area contributed by atoms with Crippen LogP contribution in [0.15, 0.2) is 0 Å². The van der Waals surface area contributed by atoms with Gasteiger partial charge < -0.3 is 14.5 Å². The fraction of sp³-hybridized carbons (Fsp3) is 0.944. The number of nitrogens with zero attached hydrogens (tertiary/aromatic N) is 2. The molecule has 2 atom stereocenters. The molecular weight excluding hydrogens is 276 g/mol. The highest BCUT2D eigenvalue weighted by Crippen LogP contribution is 2.39. The van der Waals surface area contributed by atoms with Gasteiger partial charge in [0.2, 0.25) is 5.91 Å². The Labute approximate surface area is 135 Å². The number of carbonyl (C=O) groups excluding carboxylic acids is 1. The molecule has 1 spiro atoms. The summed E-state index contributed by atoms with van der Waals surface area (Å²) in [6.07, 6.45) is 7.93. The molecule has 3 aliphatic heterocycles. The Balaban J connectivity index is 1.65. The maximum Gasteiger partial charge on any atom is 0.223 e. The molecule has 4 nitrogen and oxygen atoms in total. The zero-order valence-corrected chi connectivity index (χ0v) is 14.4. The SMILES string of the molecule is CC(C)CN1CCC[C@@]2(CCC(=O)N2C[C@@H]2CCCO2)CC1. The lowest BCUT2D eigenvalue weighted by atomic mass is 9.87. The molecule has 0 aromatic carbocycles. The zero-order chi connectivity index (χ0) is 15.6. The lowest BCUT2D eigenvalue weighted by Crippen LogP contribution is -2.49. The highest BCUT2D eigenvalue weighted by molar-refractivity contribution is 5.79. The lowest BCUT2D eigenvalue weighted by molar-refractivity contribution is -0.133. The number of likely N-dealkylation sites (tertiary alicyclic amines) is 2. The molecule has 126 valence electrons. The molecule has 0 unspecified atom stereocenters. The van der Waals surface area contributed by atoms with Gasteiger partial charge in [0.25, 0.3) is 0 Å². The van der Waals surface area contributed by atoms with Crippen molar-refractivity contribution in [2.45, 2.75) is 70.4 Å². The summed E-state index contributed by atoms with van der Waals surface area (Å²) in [5, 5.41) is 0. The second-order valence-corrected chi connectivity index (χ2v) is 7.91. The molecule has 3 aliphatic rings. The van der Waals surface area contributed by atoms with Crippen molar-refractivity contribution in [3.05, 3.63) is 0 Å². The molecule has 3 rings (SSSR count). The Morgan fingerprint density at radius 2 is 2.09 bits per heavy atom. The average Bonchev–Trinajstić information content (AvgIpc) is 3.02. The minimum atomic E-state index is 0.134. The van der Waals surface area contributed by atoms with Gasteiger partial charge in [0.15, 0.2) is 0 Å². The van der Waals surface area contributed by atoms with Crippen LogP contribution in [0.2, 0.25) is 0 Å². The summed E-state index contributed by atoms with van der Waals surface area (Å²) in [7, 11) is 0. The van der Waals surface area contributed by atoms with Gasteiger partial charge in [0.1, 0.15) is 0 Å². The minimum absolute atomic E-state index is 0.134. The van der Waals surface area contributed by atoms with Gasteiger partial charge in [0, 0.05) is 38.2 Å². The number of rotatable bonds is 4. The Morgan fingerprint density at radius 3 is 2.82 bits per heavy atom. The lowest BCUT2D eigenvalue weighted by Gasteiger charge is -2.39. The van der Waals surface area contributed by atoms with Gasteiger partial charge in [-0.2, -0.15) is 0 Å². The third-order valence-electron chi connectivity index (χ3n) is 5.72. The van der Waals surface area contributed by atoms with Crippen LogP contribution in [0.4, 0.5) is 0 Å². The molecule has 0 bridgehead atoms. The molecule has 0 aromatic heterocycles. The van der Waals surface area contributed by atoms with E-state index < -0.39 is 0 Å². The van der Waals surface area contributed by atoms with Crippen LogP contribution in [0.3, 0.4) is 0 Å². The van der Waals surface area contributed by atoms with Gasteiger partial charge in [-0.3, -0.25) is 4.79 Å². The van der Waals surface area contributed by atoms with Crippen LogP contribution >= 0.6 is 0 Å². The average molecular weight is 308 g/mol. The predicted molar refractivity (Wildman–Crippen MR) is 87.8 cm³/mol. The number of carbonyl (C=O) groups is 1. The summed E-state index contributed by atoms with van der Waals surface area (Å²) in [5.74, 6) is 1.09. The minimum Gasteiger partial charge on any atom is -0.376 e. The van der Waals surface area contributed by atoms with Gasteiger partial charge >= 0.3 is 0 Å². The molecular formula is C18H32N2O2. The van der Waals surface area contributed by atoms with Crippen LogP contribution in [0, 0.1) is 5.92 Å². The standard InChI is InChI=1S/C18H32N2O2/c1-15(2)13-19-10-4-7-18(9-11-19)8-6-17(21)20(18)14-16-5-3-12-22-16/h15-16H,3-14H2,1-2H3/t16-,18+/m0/s1. The summed E-state index contributed by atoms with van der Waals surface area (Å²) < 4.78 is 5.80. The van der Waals surface area contributed by atoms with Crippen molar-refractivity contribution in [1.29, 1.82) is 0 Å².